The van der Waals surface area contributed by atoms with Crippen molar-refractivity contribution >= 4 is 17.3 Å². The number of nitriles is 1. The highest BCUT2D eigenvalue weighted by molar-refractivity contribution is 5.94. The molecule has 21 heavy (non-hydrogen) atoms. The maximum Gasteiger partial charge on any atom is 0.243 e. The Balaban J connectivity index is 1.91. The normalized spacial score (nSPS) is 9.76. The van der Waals surface area contributed by atoms with E-state index in [4.69, 9.17) is 5.26 Å². The van der Waals surface area contributed by atoms with Gasteiger partial charge in [-0.1, -0.05) is 17.7 Å². The van der Waals surface area contributed by atoms with E-state index in [1.165, 1.54) is 5.56 Å². The predicted molar refractivity (Wildman–Crippen MR) is 84.2 cm³/mol. The van der Waals surface area contributed by atoms with Crippen molar-refractivity contribution in [1.82, 2.24) is 0 Å². The topological polar surface area (TPSA) is 64.9 Å². The lowest BCUT2D eigenvalue weighted by Crippen LogP contribution is -2.22. The average Bonchev–Trinajstić information content (AvgIpc) is 2.48. The van der Waals surface area contributed by atoms with Crippen molar-refractivity contribution in [1.29, 1.82) is 5.26 Å². The lowest BCUT2D eigenvalue weighted by Gasteiger charge is -2.10. The molecule has 0 atom stereocenters. The summed E-state index contributed by atoms with van der Waals surface area (Å²) in [7, 11) is 0. The third-order valence-corrected chi connectivity index (χ3v) is 3.12. The molecule has 106 valence electrons. The Morgan fingerprint density at radius 3 is 2.48 bits per heavy atom. The number of benzene rings is 2. The Hall–Kier alpha value is -2.80. The molecule has 2 rings (SSSR count). The molecule has 0 aliphatic carbocycles. The van der Waals surface area contributed by atoms with Gasteiger partial charge < -0.3 is 10.6 Å². The Labute approximate surface area is 124 Å². The number of carbonyl (C=O) groups excluding carboxylic acids is 1. The van der Waals surface area contributed by atoms with Crippen LogP contribution in [0.3, 0.4) is 0 Å². The molecule has 2 N–H and O–H groups in total. The molecule has 0 unspecified atom stereocenters. The minimum atomic E-state index is -0.105. The summed E-state index contributed by atoms with van der Waals surface area (Å²) in [5, 5.41) is 14.6. The molecule has 4 nitrogen and oxygen atoms in total. The molecule has 1 amide bonds. The van der Waals surface area contributed by atoms with Crippen LogP contribution >= 0.6 is 0 Å². The quantitative estimate of drug-likeness (QED) is 0.903. The molecular weight excluding hydrogens is 262 g/mol. The summed E-state index contributed by atoms with van der Waals surface area (Å²) < 4.78 is 0. The molecule has 0 saturated carbocycles. The van der Waals surface area contributed by atoms with Gasteiger partial charge >= 0.3 is 0 Å². The van der Waals surface area contributed by atoms with E-state index in [2.05, 4.69) is 16.7 Å². The van der Waals surface area contributed by atoms with Crippen LogP contribution in [-0.2, 0) is 4.79 Å². The smallest absolute Gasteiger partial charge is 0.243 e. The first-order valence-corrected chi connectivity index (χ1v) is 6.69. The van der Waals surface area contributed by atoms with Gasteiger partial charge in [-0.25, -0.2) is 0 Å². The molecule has 0 fully saturated rings. The predicted octanol–water partition coefficient (Wildman–Crippen LogP) is 3.23. The highest BCUT2D eigenvalue weighted by Crippen LogP contribution is 2.16. The first-order valence-electron chi connectivity index (χ1n) is 6.69. The third kappa shape index (κ3) is 4.08. The van der Waals surface area contributed by atoms with Crippen LogP contribution in [-0.4, -0.2) is 12.5 Å². The van der Waals surface area contributed by atoms with Gasteiger partial charge in [-0.05, 0) is 49.7 Å². The lowest BCUT2D eigenvalue weighted by atomic mass is 10.1. The first-order chi connectivity index (χ1) is 10.1. The van der Waals surface area contributed by atoms with Gasteiger partial charge in [0, 0.05) is 11.4 Å². The summed E-state index contributed by atoms with van der Waals surface area (Å²) in [6.07, 6.45) is 0. The zero-order valence-corrected chi connectivity index (χ0v) is 12.1. The Morgan fingerprint density at radius 1 is 1.14 bits per heavy atom. The van der Waals surface area contributed by atoms with Crippen molar-refractivity contribution in [3.8, 4) is 6.07 Å². The van der Waals surface area contributed by atoms with E-state index in [1.807, 2.05) is 32.0 Å². The maximum atomic E-state index is 11.9. The Bertz CT molecular complexity index is 684. The van der Waals surface area contributed by atoms with Crippen LogP contribution in [0, 0.1) is 25.2 Å². The van der Waals surface area contributed by atoms with Gasteiger partial charge in [-0.2, -0.15) is 5.26 Å². The van der Waals surface area contributed by atoms with Gasteiger partial charge in [0.25, 0.3) is 0 Å². The monoisotopic (exact) mass is 279 g/mol. The summed E-state index contributed by atoms with van der Waals surface area (Å²) in [5.74, 6) is -0.105. The minimum Gasteiger partial charge on any atom is -0.376 e. The van der Waals surface area contributed by atoms with E-state index in [0.717, 1.165) is 16.9 Å². The number of aryl methyl sites for hydroxylation is 2. The zero-order chi connectivity index (χ0) is 15.2. The summed E-state index contributed by atoms with van der Waals surface area (Å²) in [4.78, 5) is 11.9. The number of hydrogen-bond acceptors (Lipinski definition) is 3. The van der Waals surface area contributed by atoms with Crippen molar-refractivity contribution < 1.29 is 4.79 Å². The number of nitrogens with one attached hydrogen (secondary N) is 2. The standard InChI is InChI=1S/C17H17N3O/c1-12-3-8-16(13(2)9-12)20-17(21)11-19-15-6-4-14(10-18)5-7-15/h3-9,19H,11H2,1-2H3,(H,20,21). The molecule has 2 aromatic carbocycles. The van der Waals surface area contributed by atoms with Crippen molar-refractivity contribution in [3.05, 3.63) is 59.2 Å². The number of carbonyl (C=O) groups is 1. The molecule has 0 heterocycles. The van der Waals surface area contributed by atoms with E-state index in [0.29, 0.717) is 5.56 Å². The number of hydrogen-bond donors (Lipinski definition) is 2. The SMILES string of the molecule is Cc1ccc(NC(=O)CNc2ccc(C#N)cc2)c(C)c1. The summed E-state index contributed by atoms with van der Waals surface area (Å²) >= 11 is 0. The van der Waals surface area contributed by atoms with Crippen molar-refractivity contribution in [2.24, 2.45) is 0 Å². The van der Waals surface area contributed by atoms with Crippen LogP contribution in [0.15, 0.2) is 42.5 Å². The van der Waals surface area contributed by atoms with Crippen LogP contribution in [0.25, 0.3) is 0 Å². The molecule has 4 heteroatoms. The largest absolute Gasteiger partial charge is 0.376 e. The summed E-state index contributed by atoms with van der Waals surface area (Å²) in [5.41, 5.74) is 4.44. The number of amides is 1. The number of anilines is 2. The Morgan fingerprint density at radius 2 is 1.86 bits per heavy atom. The van der Waals surface area contributed by atoms with E-state index >= 15 is 0 Å². The Kier molecular flexibility index (Phi) is 4.57. The van der Waals surface area contributed by atoms with Crippen LogP contribution in [0.1, 0.15) is 16.7 Å². The van der Waals surface area contributed by atoms with E-state index in [1.54, 1.807) is 24.3 Å². The van der Waals surface area contributed by atoms with Gasteiger partial charge in [-0.3, -0.25) is 4.79 Å². The summed E-state index contributed by atoms with van der Waals surface area (Å²) in [6, 6.07) is 14.9. The minimum absolute atomic E-state index is 0.105. The van der Waals surface area contributed by atoms with E-state index in [9.17, 15) is 4.79 Å². The van der Waals surface area contributed by atoms with Crippen LogP contribution in [0.5, 0.6) is 0 Å². The number of rotatable bonds is 4. The van der Waals surface area contributed by atoms with Crippen molar-refractivity contribution in [2.45, 2.75) is 13.8 Å². The highest BCUT2D eigenvalue weighted by Gasteiger charge is 2.04. The van der Waals surface area contributed by atoms with Crippen LogP contribution in [0.2, 0.25) is 0 Å². The van der Waals surface area contributed by atoms with Gasteiger partial charge in [0.2, 0.25) is 5.91 Å². The first kappa shape index (κ1) is 14.6. The average molecular weight is 279 g/mol. The fourth-order valence-corrected chi connectivity index (χ4v) is 1.99. The molecule has 2 aromatic rings. The molecular formula is C17H17N3O. The van der Waals surface area contributed by atoms with Gasteiger partial charge in [0.1, 0.15) is 0 Å². The molecule has 0 radical (unpaired) electrons. The third-order valence-electron chi connectivity index (χ3n) is 3.12. The fourth-order valence-electron chi connectivity index (χ4n) is 1.99. The summed E-state index contributed by atoms with van der Waals surface area (Å²) in [6.45, 7) is 4.17. The molecule has 0 aliphatic heterocycles. The second-order valence-corrected chi connectivity index (χ2v) is 4.91. The van der Waals surface area contributed by atoms with E-state index in [-0.39, 0.29) is 12.5 Å². The van der Waals surface area contributed by atoms with Crippen molar-refractivity contribution in [3.63, 3.8) is 0 Å². The molecule has 0 aromatic heterocycles. The zero-order valence-electron chi connectivity index (χ0n) is 12.1. The van der Waals surface area contributed by atoms with Gasteiger partial charge in [0.15, 0.2) is 0 Å². The number of nitrogens with zero attached hydrogens (tertiary/aromatic N) is 1. The lowest BCUT2D eigenvalue weighted by molar-refractivity contribution is -0.114. The van der Waals surface area contributed by atoms with Gasteiger partial charge in [-0.15, -0.1) is 0 Å². The molecule has 0 spiro atoms. The maximum absolute atomic E-state index is 11.9. The molecule has 0 aliphatic rings. The molecule has 0 bridgehead atoms. The molecule has 0 saturated heterocycles. The van der Waals surface area contributed by atoms with E-state index < -0.39 is 0 Å². The second-order valence-electron chi connectivity index (χ2n) is 4.91. The van der Waals surface area contributed by atoms with Crippen LogP contribution < -0.4 is 10.6 Å². The van der Waals surface area contributed by atoms with Crippen molar-refractivity contribution in [2.75, 3.05) is 17.2 Å². The highest BCUT2D eigenvalue weighted by atomic mass is 16.1. The van der Waals surface area contributed by atoms with Crippen LogP contribution in [0.4, 0.5) is 11.4 Å². The van der Waals surface area contributed by atoms with Gasteiger partial charge in [0.05, 0.1) is 18.2 Å². The fraction of sp³-hybridized carbons (Fsp3) is 0.176. The second kappa shape index (κ2) is 6.58.